The van der Waals surface area contributed by atoms with Crippen molar-refractivity contribution in [2.45, 2.75) is 39.2 Å². The van der Waals surface area contributed by atoms with Crippen LogP contribution in [0.5, 0.6) is 0 Å². The van der Waals surface area contributed by atoms with Crippen LogP contribution in [0.1, 0.15) is 55.1 Å². The van der Waals surface area contributed by atoms with E-state index in [2.05, 4.69) is 35.9 Å². The van der Waals surface area contributed by atoms with Crippen LogP contribution in [-0.2, 0) is 0 Å². The lowest BCUT2D eigenvalue weighted by atomic mass is 9.95. The van der Waals surface area contributed by atoms with Crippen molar-refractivity contribution in [3.8, 4) is 0 Å². The van der Waals surface area contributed by atoms with Gasteiger partial charge in [0.05, 0.1) is 6.04 Å². The normalized spacial score (nSPS) is 17.4. The summed E-state index contributed by atoms with van der Waals surface area (Å²) in [4.78, 5) is 21.9. The molecule has 0 radical (unpaired) electrons. The van der Waals surface area contributed by atoms with E-state index in [0.29, 0.717) is 0 Å². The Bertz CT molecular complexity index is 680. The van der Waals surface area contributed by atoms with Crippen molar-refractivity contribution in [2.24, 2.45) is 0 Å². The Kier molecular flexibility index (Phi) is 5.69. The number of amides is 1. The topological polar surface area (TPSA) is 36.4 Å². The number of likely N-dealkylation sites (tertiary alicyclic amines) is 1. The third kappa shape index (κ3) is 3.84. The number of pyridine rings is 1. The van der Waals surface area contributed by atoms with Crippen LogP contribution in [0.4, 0.5) is 5.82 Å². The molecule has 1 aromatic heterocycles. The Hall–Kier alpha value is -2.36. The van der Waals surface area contributed by atoms with Gasteiger partial charge >= 0.3 is 0 Å². The summed E-state index contributed by atoms with van der Waals surface area (Å²) in [6.45, 7) is 6.99. The zero-order valence-electron chi connectivity index (χ0n) is 15.2. The van der Waals surface area contributed by atoms with Gasteiger partial charge in [0.1, 0.15) is 5.82 Å². The van der Waals surface area contributed by atoms with E-state index >= 15 is 0 Å². The molecule has 4 heteroatoms. The molecule has 25 heavy (non-hydrogen) atoms. The van der Waals surface area contributed by atoms with Crippen LogP contribution >= 0.6 is 0 Å². The van der Waals surface area contributed by atoms with Crippen molar-refractivity contribution in [3.63, 3.8) is 0 Å². The highest BCUT2D eigenvalue weighted by Crippen LogP contribution is 2.32. The summed E-state index contributed by atoms with van der Waals surface area (Å²) in [5.41, 5.74) is 1.90. The highest BCUT2D eigenvalue weighted by atomic mass is 16.2. The number of anilines is 1. The molecule has 4 nitrogen and oxygen atoms in total. The van der Waals surface area contributed by atoms with E-state index in [1.807, 2.05) is 41.4 Å². The molecule has 2 aromatic rings. The summed E-state index contributed by atoms with van der Waals surface area (Å²) >= 11 is 0. The summed E-state index contributed by atoms with van der Waals surface area (Å²) in [5, 5.41) is 0. The molecular formula is C21H27N3O. The molecule has 1 saturated heterocycles. The number of benzene rings is 1. The Morgan fingerprint density at radius 1 is 1.12 bits per heavy atom. The van der Waals surface area contributed by atoms with Crippen molar-refractivity contribution < 1.29 is 4.79 Å². The van der Waals surface area contributed by atoms with Crippen LogP contribution < -0.4 is 4.90 Å². The minimum Gasteiger partial charge on any atom is -0.357 e. The number of piperidine rings is 1. The van der Waals surface area contributed by atoms with E-state index in [9.17, 15) is 4.79 Å². The first-order valence-corrected chi connectivity index (χ1v) is 9.31. The molecule has 0 unspecified atom stereocenters. The monoisotopic (exact) mass is 337 g/mol. The summed E-state index contributed by atoms with van der Waals surface area (Å²) < 4.78 is 0. The number of nitrogens with zero attached hydrogens (tertiary/aromatic N) is 3. The fourth-order valence-electron chi connectivity index (χ4n) is 3.60. The van der Waals surface area contributed by atoms with Crippen LogP contribution in [0.2, 0.25) is 0 Å². The first-order valence-electron chi connectivity index (χ1n) is 9.31. The maximum absolute atomic E-state index is 12.9. The van der Waals surface area contributed by atoms with Crippen molar-refractivity contribution in [1.82, 2.24) is 9.88 Å². The largest absolute Gasteiger partial charge is 0.357 e. The molecule has 2 heterocycles. The highest BCUT2D eigenvalue weighted by molar-refractivity contribution is 5.94. The standard InChI is InChI=1S/C21H27N3O/c1-3-23(4-2)20-14-13-18(16-22-20)19-12-8-9-15-24(19)21(25)17-10-6-5-7-11-17/h5-7,10-11,13-14,16,19H,3-4,8-9,12,15H2,1-2H3/t19-/m0/s1. The second-order valence-corrected chi connectivity index (χ2v) is 6.50. The van der Waals surface area contributed by atoms with Crippen molar-refractivity contribution in [1.29, 1.82) is 0 Å². The van der Waals surface area contributed by atoms with Gasteiger partial charge < -0.3 is 9.80 Å². The number of hydrogen-bond donors (Lipinski definition) is 0. The molecule has 1 atom stereocenters. The van der Waals surface area contributed by atoms with Gasteiger partial charge in [-0.3, -0.25) is 4.79 Å². The average molecular weight is 337 g/mol. The molecule has 0 aliphatic carbocycles. The lowest BCUT2D eigenvalue weighted by Gasteiger charge is -2.36. The number of carbonyl (C=O) groups excluding carboxylic acids is 1. The lowest BCUT2D eigenvalue weighted by molar-refractivity contribution is 0.0611. The molecule has 1 amide bonds. The smallest absolute Gasteiger partial charge is 0.254 e. The fourth-order valence-corrected chi connectivity index (χ4v) is 3.60. The summed E-state index contributed by atoms with van der Waals surface area (Å²) in [7, 11) is 0. The van der Waals surface area contributed by atoms with Crippen LogP contribution in [-0.4, -0.2) is 35.4 Å². The summed E-state index contributed by atoms with van der Waals surface area (Å²) in [6.07, 6.45) is 5.18. The molecular weight excluding hydrogens is 310 g/mol. The molecule has 0 saturated carbocycles. The van der Waals surface area contributed by atoms with Gasteiger partial charge in [0.15, 0.2) is 0 Å². The van der Waals surface area contributed by atoms with Crippen LogP contribution in [0, 0.1) is 0 Å². The molecule has 1 fully saturated rings. The molecule has 1 aliphatic rings. The molecule has 132 valence electrons. The predicted octanol–water partition coefficient (Wildman–Crippen LogP) is 4.30. The van der Waals surface area contributed by atoms with Gasteiger partial charge in [0, 0.05) is 31.4 Å². The molecule has 0 N–H and O–H groups in total. The predicted molar refractivity (Wildman–Crippen MR) is 102 cm³/mol. The Morgan fingerprint density at radius 3 is 2.52 bits per heavy atom. The molecule has 0 spiro atoms. The Balaban J connectivity index is 1.82. The first kappa shape index (κ1) is 17.5. The second-order valence-electron chi connectivity index (χ2n) is 6.50. The van der Waals surface area contributed by atoms with E-state index in [4.69, 9.17) is 0 Å². The quantitative estimate of drug-likeness (QED) is 0.816. The van der Waals surface area contributed by atoms with E-state index in [1.165, 1.54) is 0 Å². The molecule has 1 aromatic carbocycles. The Labute approximate surface area is 150 Å². The highest BCUT2D eigenvalue weighted by Gasteiger charge is 2.28. The van der Waals surface area contributed by atoms with E-state index in [1.54, 1.807) is 0 Å². The number of carbonyl (C=O) groups is 1. The average Bonchev–Trinajstić information content (AvgIpc) is 2.69. The van der Waals surface area contributed by atoms with E-state index < -0.39 is 0 Å². The number of aromatic nitrogens is 1. The van der Waals surface area contributed by atoms with Crippen LogP contribution in [0.3, 0.4) is 0 Å². The minimum absolute atomic E-state index is 0.123. The van der Waals surface area contributed by atoms with Crippen molar-refractivity contribution in [2.75, 3.05) is 24.5 Å². The zero-order valence-corrected chi connectivity index (χ0v) is 15.2. The van der Waals surface area contributed by atoms with Gasteiger partial charge in [0.2, 0.25) is 0 Å². The van der Waals surface area contributed by atoms with Gasteiger partial charge in [-0.05, 0) is 56.9 Å². The van der Waals surface area contributed by atoms with Crippen LogP contribution in [0.15, 0.2) is 48.7 Å². The van der Waals surface area contributed by atoms with Gasteiger partial charge in [-0.25, -0.2) is 4.98 Å². The van der Waals surface area contributed by atoms with Crippen LogP contribution in [0.25, 0.3) is 0 Å². The maximum atomic E-state index is 12.9. The molecule has 1 aliphatic heterocycles. The molecule has 0 bridgehead atoms. The third-order valence-corrected chi connectivity index (χ3v) is 5.03. The van der Waals surface area contributed by atoms with E-state index in [0.717, 1.165) is 55.8 Å². The van der Waals surface area contributed by atoms with Gasteiger partial charge in [-0.2, -0.15) is 0 Å². The Morgan fingerprint density at radius 2 is 1.88 bits per heavy atom. The summed E-state index contributed by atoms with van der Waals surface area (Å²) in [5.74, 6) is 1.13. The fraction of sp³-hybridized carbons (Fsp3) is 0.429. The van der Waals surface area contributed by atoms with Crippen molar-refractivity contribution in [3.05, 3.63) is 59.8 Å². The lowest BCUT2D eigenvalue weighted by Crippen LogP contribution is -2.38. The minimum atomic E-state index is 0.123. The SMILES string of the molecule is CCN(CC)c1ccc([C@@H]2CCCCN2C(=O)c2ccccc2)cn1. The summed E-state index contributed by atoms with van der Waals surface area (Å²) in [6, 6.07) is 13.9. The number of hydrogen-bond acceptors (Lipinski definition) is 3. The van der Waals surface area contributed by atoms with Gasteiger partial charge in [-0.1, -0.05) is 24.3 Å². The third-order valence-electron chi connectivity index (χ3n) is 5.03. The van der Waals surface area contributed by atoms with Gasteiger partial charge in [-0.15, -0.1) is 0 Å². The first-order chi connectivity index (χ1) is 12.2. The molecule has 3 rings (SSSR count). The number of rotatable bonds is 5. The second kappa shape index (κ2) is 8.15. The maximum Gasteiger partial charge on any atom is 0.254 e. The van der Waals surface area contributed by atoms with Gasteiger partial charge in [0.25, 0.3) is 5.91 Å². The van der Waals surface area contributed by atoms with E-state index in [-0.39, 0.29) is 11.9 Å². The zero-order chi connectivity index (χ0) is 17.6. The van der Waals surface area contributed by atoms with Crippen molar-refractivity contribution >= 4 is 11.7 Å².